The fourth-order valence-electron chi connectivity index (χ4n) is 3.32. The number of amides is 3. The third kappa shape index (κ3) is 9.26. The van der Waals surface area contributed by atoms with Crippen molar-refractivity contribution in [3.05, 3.63) is 64.2 Å². The molecule has 0 bridgehead atoms. The number of benzene rings is 2. The fraction of sp³-hybridized carbons (Fsp3) is 0.417. The van der Waals surface area contributed by atoms with Crippen molar-refractivity contribution in [2.45, 2.75) is 51.6 Å². The first-order valence-electron chi connectivity index (χ1n) is 11.4. The van der Waals surface area contributed by atoms with Crippen molar-refractivity contribution >= 4 is 29.0 Å². The molecule has 190 valence electrons. The van der Waals surface area contributed by atoms with Crippen LogP contribution in [0.25, 0.3) is 0 Å². The van der Waals surface area contributed by atoms with E-state index in [4.69, 9.17) is 0 Å². The minimum absolute atomic E-state index is 0.0325. The first-order chi connectivity index (χ1) is 16.6. The van der Waals surface area contributed by atoms with E-state index >= 15 is 0 Å². The zero-order valence-corrected chi connectivity index (χ0v) is 19.4. The Bertz CT molecular complexity index is 997. The number of nitrogens with one attached hydrogen (secondary N) is 2. The fourth-order valence-corrected chi connectivity index (χ4v) is 3.32. The van der Waals surface area contributed by atoms with E-state index in [1.807, 2.05) is 0 Å². The summed E-state index contributed by atoms with van der Waals surface area (Å²) in [7, 11) is 0. The number of hydrogen-bond donors (Lipinski definition) is 2. The molecule has 2 rings (SSSR count). The number of anilines is 2. The van der Waals surface area contributed by atoms with Gasteiger partial charge in [-0.05, 0) is 43.2 Å². The molecular weight excluding hydrogens is 465 g/mol. The lowest BCUT2D eigenvalue weighted by Gasteiger charge is -2.24. The Labute approximate surface area is 201 Å². The van der Waals surface area contributed by atoms with Crippen LogP contribution in [0.1, 0.15) is 51.0 Å². The molecule has 0 aliphatic rings. The van der Waals surface area contributed by atoms with Gasteiger partial charge in [0.2, 0.25) is 5.91 Å². The summed E-state index contributed by atoms with van der Waals surface area (Å²) in [4.78, 5) is 36.3. The van der Waals surface area contributed by atoms with Gasteiger partial charge in [-0.25, -0.2) is 4.79 Å². The molecule has 8 nitrogen and oxygen atoms in total. The van der Waals surface area contributed by atoms with Gasteiger partial charge in [-0.1, -0.05) is 32.3 Å². The summed E-state index contributed by atoms with van der Waals surface area (Å²) >= 11 is 0. The Balaban J connectivity index is 2.07. The van der Waals surface area contributed by atoms with Crippen LogP contribution in [0.2, 0.25) is 0 Å². The Morgan fingerprint density at radius 3 is 2.37 bits per heavy atom. The number of non-ortho nitro benzene ring substituents is 1. The molecule has 0 radical (unpaired) electrons. The molecule has 0 fully saturated rings. The maximum atomic E-state index is 13.2. The molecule has 11 heteroatoms. The molecule has 0 aliphatic heterocycles. The standard InChI is InChI=1S/C24H29F3N4O4/c1-2-3-4-5-10-22(32)28-15-7-16-30(21-9-6-8-18(17-21)24(25,26)27)23(33)29-19-11-13-20(14-12-19)31(34)35/h6,8-9,11-14,17H,2-5,7,10,15-16H2,1H3,(H,28,32)(H,29,33). The van der Waals surface area contributed by atoms with Crippen molar-refractivity contribution in [2.24, 2.45) is 0 Å². The lowest BCUT2D eigenvalue weighted by molar-refractivity contribution is -0.384. The molecule has 0 unspecified atom stereocenters. The van der Waals surface area contributed by atoms with E-state index in [2.05, 4.69) is 17.6 Å². The molecular formula is C24H29F3N4O4. The topological polar surface area (TPSA) is 105 Å². The second kappa shape index (κ2) is 13.3. The maximum absolute atomic E-state index is 13.2. The summed E-state index contributed by atoms with van der Waals surface area (Å²) in [5, 5.41) is 16.1. The molecule has 2 N–H and O–H groups in total. The highest BCUT2D eigenvalue weighted by Crippen LogP contribution is 2.32. The molecule has 2 aromatic rings. The number of urea groups is 1. The average molecular weight is 495 g/mol. The van der Waals surface area contributed by atoms with Crippen molar-refractivity contribution in [1.82, 2.24) is 5.32 Å². The molecule has 0 aliphatic carbocycles. The van der Waals surface area contributed by atoms with Crippen molar-refractivity contribution < 1.29 is 27.7 Å². The van der Waals surface area contributed by atoms with Gasteiger partial charge in [-0.15, -0.1) is 0 Å². The third-order valence-corrected chi connectivity index (χ3v) is 5.20. The lowest BCUT2D eigenvalue weighted by Crippen LogP contribution is -2.37. The molecule has 0 heterocycles. The van der Waals surface area contributed by atoms with E-state index in [0.717, 1.165) is 42.7 Å². The Hall–Kier alpha value is -3.63. The molecule has 35 heavy (non-hydrogen) atoms. The highest BCUT2D eigenvalue weighted by molar-refractivity contribution is 6.01. The predicted molar refractivity (Wildman–Crippen MR) is 127 cm³/mol. The van der Waals surface area contributed by atoms with E-state index in [0.29, 0.717) is 12.8 Å². The van der Waals surface area contributed by atoms with Gasteiger partial charge < -0.3 is 10.6 Å². The third-order valence-electron chi connectivity index (χ3n) is 5.20. The minimum atomic E-state index is -4.58. The number of halogens is 3. The van der Waals surface area contributed by atoms with Crippen LogP contribution in [-0.2, 0) is 11.0 Å². The van der Waals surface area contributed by atoms with Crippen LogP contribution in [0.4, 0.5) is 35.0 Å². The summed E-state index contributed by atoms with van der Waals surface area (Å²) in [6.07, 6.45) is 0.00659. The van der Waals surface area contributed by atoms with E-state index in [1.54, 1.807) is 0 Å². The highest BCUT2D eigenvalue weighted by atomic mass is 19.4. The normalized spacial score (nSPS) is 11.1. The Morgan fingerprint density at radius 2 is 1.74 bits per heavy atom. The molecule has 2 aromatic carbocycles. The van der Waals surface area contributed by atoms with Gasteiger partial charge in [-0.3, -0.25) is 19.8 Å². The Kier molecular flexibility index (Phi) is 10.5. The largest absolute Gasteiger partial charge is 0.416 e. The smallest absolute Gasteiger partial charge is 0.356 e. The van der Waals surface area contributed by atoms with E-state index in [1.165, 1.54) is 36.4 Å². The predicted octanol–water partition coefficient (Wildman–Crippen LogP) is 6.13. The number of nitrogens with zero attached hydrogens (tertiary/aromatic N) is 2. The van der Waals surface area contributed by atoms with Crippen LogP contribution >= 0.6 is 0 Å². The first-order valence-corrected chi connectivity index (χ1v) is 11.4. The van der Waals surface area contributed by atoms with Crippen LogP contribution < -0.4 is 15.5 Å². The van der Waals surface area contributed by atoms with E-state index in [-0.39, 0.29) is 36.1 Å². The van der Waals surface area contributed by atoms with Crippen LogP contribution in [0, 0.1) is 10.1 Å². The van der Waals surface area contributed by atoms with Crippen molar-refractivity contribution in [1.29, 1.82) is 0 Å². The zero-order chi connectivity index (χ0) is 25.8. The number of alkyl halides is 3. The summed E-state index contributed by atoms with van der Waals surface area (Å²) in [5.74, 6) is -0.109. The number of nitro benzene ring substituents is 1. The van der Waals surface area contributed by atoms with Crippen LogP contribution in [0.3, 0.4) is 0 Å². The van der Waals surface area contributed by atoms with Gasteiger partial charge >= 0.3 is 12.2 Å². The summed E-state index contributed by atoms with van der Waals surface area (Å²) in [5.41, 5.74) is -0.783. The van der Waals surface area contributed by atoms with Crippen LogP contribution in [0.5, 0.6) is 0 Å². The van der Waals surface area contributed by atoms with Gasteiger partial charge in [0, 0.05) is 43.0 Å². The second-order valence-electron chi connectivity index (χ2n) is 7.95. The molecule has 0 saturated carbocycles. The summed E-state index contributed by atoms with van der Waals surface area (Å²) in [6, 6.07) is 8.76. The number of carbonyl (C=O) groups is 2. The SMILES string of the molecule is CCCCCCC(=O)NCCCN(C(=O)Nc1ccc([N+](=O)[O-])cc1)c1cccc(C(F)(F)F)c1. The quantitative estimate of drug-likeness (QED) is 0.210. The second-order valence-corrected chi connectivity index (χ2v) is 7.95. The number of carbonyl (C=O) groups excluding carboxylic acids is 2. The number of rotatable bonds is 12. The summed E-state index contributed by atoms with van der Waals surface area (Å²) in [6.45, 7) is 2.37. The van der Waals surface area contributed by atoms with Crippen LogP contribution in [0.15, 0.2) is 48.5 Å². The maximum Gasteiger partial charge on any atom is 0.416 e. The van der Waals surface area contributed by atoms with Crippen LogP contribution in [-0.4, -0.2) is 30.0 Å². The molecule has 0 aromatic heterocycles. The van der Waals surface area contributed by atoms with E-state index < -0.39 is 22.7 Å². The van der Waals surface area contributed by atoms with E-state index in [9.17, 15) is 32.9 Å². The Morgan fingerprint density at radius 1 is 1.03 bits per heavy atom. The number of unbranched alkanes of at least 4 members (excludes halogenated alkanes) is 3. The van der Waals surface area contributed by atoms with Gasteiger partial charge in [0.25, 0.3) is 5.69 Å². The summed E-state index contributed by atoms with van der Waals surface area (Å²) < 4.78 is 39.6. The molecule has 0 atom stereocenters. The van der Waals surface area contributed by atoms with Gasteiger partial charge in [0.1, 0.15) is 0 Å². The van der Waals surface area contributed by atoms with Crippen molar-refractivity contribution in [3.8, 4) is 0 Å². The molecule has 3 amide bonds. The van der Waals surface area contributed by atoms with Gasteiger partial charge in [0.15, 0.2) is 0 Å². The minimum Gasteiger partial charge on any atom is -0.356 e. The van der Waals surface area contributed by atoms with Gasteiger partial charge in [-0.2, -0.15) is 13.2 Å². The zero-order valence-electron chi connectivity index (χ0n) is 19.4. The van der Waals surface area contributed by atoms with Gasteiger partial charge in [0.05, 0.1) is 10.5 Å². The highest BCUT2D eigenvalue weighted by Gasteiger charge is 2.31. The number of nitro groups is 1. The first kappa shape index (κ1) is 27.6. The lowest BCUT2D eigenvalue weighted by atomic mass is 10.1. The molecule has 0 spiro atoms. The van der Waals surface area contributed by atoms with Crippen molar-refractivity contribution in [3.63, 3.8) is 0 Å². The number of hydrogen-bond acceptors (Lipinski definition) is 4. The average Bonchev–Trinajstić information content (AvgIpc) is 2.81. The molecule has 0 saturated heterocycles. The monoisotopic (exact) mass is 494 g/mol. The van der Waals surface area contributed by atoms with Crippen molar-refractivity contribution in [2.75, 3.05) is 23.3 Å².